The molecule has 3 aliphatic rings. The average Bonchev–Trinajstić information content (AvgIpc) is 2.88. The molecule has 4 heterocycles. The summed E-state index contributed by atoms with van der Waals surface area (Å²) in [5, 5.41) is 12.0. The zero-order valence-corrected chi connectivity index (χ0v) is 20.6. The number of amides is 2. The number of piperidine rings is 1. The van der Waals surface area contributed by atoms with Crippen molar-refractivity contribution >= 4 is 17.5 Å². The summed E-state index contributed by atoms with van der Waals surface area (Å²) in [5.74, 6) is 0.612. The average molecular weight is 501 g/mol. The Hall–Kier alpha value is -2.95. The van der Waals surface area contributed by atoms with Crippen molar-refractivity contribution < 1.29 is 28.5 Å². The molecule has 0 unspecified atom stereocenters. The first-order chi connectivity index (χ1) is 17.5. The molecule has 10 heteroatoms. The van der Waals surface area contributed by atoms with Gasteiger partial charge in [0.2, 0.25) is 5.88 Å². The van der Waals surface area contributed by atoms with Crippen LogP contribution in [0.1, 0.15) is 18.4 Å². The van der Waals surface area contributed by atoms with E-state index >= 15 is 0 Å². The summed E-state index contributed by atoms with van der Waals surface area (Å²) in [6, 6.07) is 6.52. The Kier molecular flexibility index (Phi) is 7.27. The summed E-state index contributed by atoms with van der Waals surface area (Å²) in [6.07, 6.45) is 1.96. The summed E-state index contributed by atoms with van der Waals surface area (Å²) < 4.78 is 31.5. The topological polar surface area (TPSA) is 96.4 Å². The standard InChI is InChI=1S/C26H33FN4O5/c1-18-11-21(27)22(28-25(33)31-4-2-3-26(15-31)16-35-17-26)14-20(18)19-12-23(30-5-8-34-9-6-30)29-24(13-19)36-10-7-32/h11-14,32H,2-10,15-17H2,1H3,(H,28,33). The lowest BCUT2D eigenvalue weighted by atomic mass is 9.78. The molecule has 0 bridgehead atoms. The molecule has 1 spiro atoms. The van der Waals surface area contributed by atoms with Gasteiger partial charge in [-0.2, -0.15) is 4.98 Å². The molecule has 0 radical (unpaired) electrons. The van der Waals surface area contributed by atoms with Gasteiger partial charge >= 0.3 is 6.03 Å². The van der Waals surface area contributed by atoms with E-state index in [1.165, 1.54) is 6.07 Å². The quantitative estimate of drug-likeness (QED) is 0.629. The molecule has 0 aliphatic carbocycles. The summed E-state index contributed by atoms with van der Waals surface area (Å²) in [7, 11) is 0. The number of nitrogens with zero attached hydrogens (tertiary/aromatic N) is 3. The number of aryl methyl sites for hydroxylation is 1. The van der Waals surface area contributed by atoms with E-state index in [0.29, 0.717) is 58.5 Å². The van der Waals surface area contributed by atoms with Crippen molar-refractivity contribution in [2.45, 2.75) is 19.8 Å². The molecule has 3 fully saturated rings. The molecule has 36 heavy (non-hydrogen) atoms. The summed E-state index contributed by atoms with van der Waals surface area (Å²) in [4.78, 5) is 21.5. The number of nitrogens with one attached hydrogen (secondary N) is 1. The van der Waals surface area contributed by atoms with Crippen LogP contribution in [-0.2, 0) is 9.47 Å². The molecule has 2 N–H and O–H groups in total. The zero-order chi connectivity index (χ0) is 25.1. The van der Waals surface area contributed by atoms with Crippen LogP contribution < -0.4 is 15.0 Å². The number of likely N-dealkylation sites (tertiary alicyclic amines) is 1. The lowest BCUT2D eigenvalue weighted by Gasteiger charge is -2.48. The molecule has 1 aromatic carbocycles. The van der Waals surface area contributed by atoms with E-state index in [1.54, 1.807) is 17.0 Å². The lowest BCUT2D eigenvalue weighted by molar-refractivity contribution is -0.137. The van der Waals surface area contributed by atoms with Gasteiger partial charge in [-0.05, 0) is 54.7 Å². The minimum absolute atomic E-state index is 0.0461. The second kappa shape index (κ2) is 10.6. The third-order valence-corrected chi connectivity index (χ3v) is 7.10. The normalized spacial score (nSPS) is 19.2. The number of pyridine rings is 1. The Morgan fingerprint density at radius 3 is 2.72 bits per heavy atom. The minimum Gasteiger partial charge on any atom is -0.475 e. The number of urea groups is 1. The van der Waals surface area contributed by atoms with Gasteiger partial charge in [-0.15, -0.1) is 0 Å². The monoisotopic (exact) mass is 500 g/mol. The van der Waals surface area contributed by atoms with Crippen molar-refractivity contribution in [3.63, 3.8) is 0 Å². The highest BCUT2D eigenvalue weighted by Crippen LogP contribution is 2.37. The first-order valence-electron chi connectivity index (χ1n) is 12.5. The number of aliphatic hydroxyl groups excluding tert-OH is 1. The number of carbonyl (C=O) groups is 1. The molecule has 194 valence electrons. The Balaban J connectivity index is 1.42. The second-order valence-electron chi connectivity index (χ2n) is 9.82. The molecule has 3 saturated heterocycles. The maximum Gasteiger partial charge on any atom is 0.321 e. The highest BCUT2D eigenvalue weighted by Gasteiger charge is 2.43. The summed E-state index contributed by atoms with van der Waals surface area (Å²) >= 11 is 0. The van der Waals surface area contributed by atoms with Crippen molar-refractivity contribution in [3.8, 4) is 17.0 Å². The van der Waals surface area contributed by atoms with E-state index in [-0.39, 0.29) is 30.3 Å². The van der Waals surface area contributed by atoms with Crippen molar-refractivity contribution in [2.75, 3.05) is 76.0 Å². The van der Waals surface area contributed by atoms with Crippen LogP contribution in [-0.4, -0.2) is 86.8 Å². The number of halogens is 1. The van der Waals surface area contributed by atoms with Crippen molar-refractivity contribution in [2.24, 2.45) is 5.41 Å². The molecular formula is C26H33FN4O5. The Morgan fingerprint density at radius 1 is 1.19 bits per heavy atom. The van der Waals surface area contributed by atoms with E-state index < -0.39 is 5.82 Å². The molecule has 0 atom stereocenters. The lowest BCUT2D eigenvalue weighted by Crippen LogP contribution is -2.56. The van der Waals surface area contributed by atoms with E-state index in [0.717, 1.165) is 35.3 Å². The maximum absolute atomic E-state index is 15.0. The number of rotatable bonds is 6. The summed E-state index contributed by atoms with van der Waals surface area (Å²) in [5.41, 5.74) is 2.45. The van der Waals surface area contributed by atoms with Crippen LogP contribution in [0.25, 0.3) is 11.1 Å². The largest absolute Gasteiger partial charge is 0.475 e. The van der Waals surface area contributed by atoms with Gasteiger partial charge in [-0.25, -0.2) is 9.18 Å². The number of morpholine rings is 1. The molecule has 9 nitrogen and oxygen atoms in total. The molecule has 2 aromatic rings. The van der Waals surface area contributed by atoms with Gasteiger partial charge in [0, 0.05) is 37.7 Å². The SMILES string of the molecule is Cc1cc(F)c(NC(=O)N2CCCC3(COC3)C2)cc1-c1cc(OCCO)nc(N2CCOCC2)c1. The van der Waals surface area contributed by atoms with Gasteiger partial charge in [-0.3, -0.25) is 0 Å². The Labute approximate surface area is 210 Å². The van der Waals surface area contributed by atoms with Crippen LogP contribution >= 0.6 is 0 Å². The fourth-order valence-electron chi connectivity index (χ4n) is 5.11. The predicted molar refractivity (Wildman–Crippen MR) is 133 cm³/mol. The van der Waals surface area contributed by atoms with Gasteiger partial charge < -0.3 is 34.4 Å². The molecule has 5 rings (SSSR count). The van der Waals surface area contributed by atoms with Crippen LogP contribution in [0.5, 0.6) is 5.88 Å². The third-order valence-electron chi connectivity index (χ3n) is 7.10. The molecular weight excluding hydrogens is 467 g/mol. The summed E-state index contributed by atoms with van der Waals surface area (Å²) in [6.45, 7) is 7.04. The molecule has 2 amide bonds. The van der Waals surface area contributed by atoms with E-state index in [9.17, 15) is 14.3 Å². The van der Waals surface area contributed by atoms with Gasteiger partial charge in [-0.1, -0.05) is 0 Å². The smallest absolute Gasteiger partial charge is 0.321 e. The second-order valence-corrected chi connectivity index (χ2v) is 9.82. The molecule has 3 aliphatic heterocycles. The van der Waals surface area contributed by atoms with Crippen LogP contribution in [0.2, 0.25) is 0 Å². The van der Waals surface area contributed by atoms with Crippen molar-refractivity contribution in [1.29, 1.82) is 0 Å². The first-order valence-corrected chi connectivity index (χ1v) is 12.5. The number of aliphatic hydroxyl groups is 1. The highest BCUT2D eigenvalue weighted by molar-refractivity contribution is 5.91. The van der Waals surface area contributed by atoms with Crippen molar-refractivity contribution in [3.05, 3.63) is 35.6 Å². The van der Waals surface area contributed by atoms with E-state index in [1.807, 2.05) is 13.0 Å². The van der Waals surface area contributed by atoms with Crippen LogP contribution in [0.15, 0.2) is 24.3 Å². The van der Waals surface area contributed by atoms with Gasteiger partial charge in [0.15, 0.2) is 0 Å². The van der Waals surface area contributed by atoms with E-state index in [4.69, 9.17) is 14.2 Å². The number of hydrogen-bond donors (Lipinski definition) is 2. The fraction of sp³-hybridized carbons (Fsp3) is 0.538. The van der Waals surface area contributed by atoms with Gasteiger partial charge in [0.25, 0.3) is 0 Å². The van der Waals surface area contributed by atoms with Gasteiger partial charge in [0.1, 0.15) is 18.2 Å². The number of hydrogen-bond acceptors (Lipinski definition) is 7. The number of aromatic nitrogens is 1. The number of ether oxygens (including phenoxy) is 3. The minimum atomic E-state index is -0.484. The Morgan fingerprint density at radius 2 is 2.00 bits per heavy atom. The highest BCUT2D eigenvalue weighted by atomic mass is 19.1. The number of benzene rings is 1. The fourth-order valence-corrected chi connectivity index (χ4v) is 5.11. The van der Waals surface area contributed by atoms with Gasteiger partial charge in [0.05, 0.1) is 38.7 Å². The third kappa shape index (κ3) is 5.25. The van der Waals surface area contributed by atoms with Crippen LogP contribution in [0.3, 0.4) is 0 Å². The zero-order valence-electron chi connectivity index (χ0n) is 20.6. The van der Waals surface area contributed by atoms with Crippen molar-refractivity contribution in [1.82, 2.24) is 9.88 Å². The first kappa shape index (κ1) is 24.7. The Bertz CT molecular complexity index is 1100. The number of anilines is 2. The molecule has 1 aromatic heterocycles. The van der Waals surface area contributed by atoms with Crippen LogP contribution in [0, 0.1) is 18.2 Å². The van der Waals surface area contributed by atoms with Crippen LogP contribution in [0.4, 0.5) is 20.7 Å². The molecule has 0 saturated carbocycles. The predicted octanol–water partition coefficient (Wildman–Crippen LogP) is 3.05. The van der Waals surface area contributed by atoms with E-state index in [2.05, 4.69) is 15.2 Å². The maximum atomic E-state index is 15.0. The number of carbonyl (C=O) groups excluding carboxylic acids is 1.